The first kappa shape index (κ1) is 18.9. The van der Waals surface area contributed by atoms with Crippen LogP contribution in [-0.4, -0.2) is 67.3 Å². The van der Waals surface area contributed by atoms with Crippen LogP contribution < -0.4 is 20.3 Å². The lowest BCUT2D eigenvalue weighted by atomic mass is 10.3. The lowest BCUT2D eigenvalue weighted by Gasteiger charge is -2.34. The van der Waals surface area contributed by atoms with Gasteiger partial charge in [-0.1, -0.05) is 12.1 Å². The van der Waals surface area contributed by atoms with Crippen LogP contribution in [-0.2, 0) is 0 Å². The van der Waals surface area contributed by atoms with E-state index in [1.807, 2.05) is 30.3 Å². The van der Waals surface area contributed by atoms with Crippen LogP contribution >= 0.6 is 0 Å². The fourth-order valence-electron chi connectivity index (χ4n) is 3.04. The standard InChI is InChI=1S/C19H26N6O2/c1-27-17-7-3-2-6-16(17)23-19(26)22-10-5-11-24-12-14-25(15-13-24)18-20-8-4-9-21-18/h2-4,6-9H,5,10-15H2,1H3,(H2,22,23,26). The topological polar surface area (TPSA) is 82.6 Å². The SMILES string of the molecule is COc1ccccc1NC(=O)NCCCN1CCN(c2ncccn2)CC1. The number of carbonyl (C=O) groups excluding carboxylic acids is 1. The van der Waals surface area contributed by atoms with Gasteiger partial charge in [0, 0.05) is 45.1 Å². The van der Waals surface area contributed by atoms with Crippen molar-refractivity contribution in [3.8, 4) is 5.75 Å². The van der Waals surface area contributed by atoms with Crippen LogP contribution in [0.5, 0.6) is 5.75 Å². The second-order valence-corrected chi connectivity index (χ2v) is 6.31. The highest BCUT2D eigenvalue weighted by molar-refractivity contribution is 5.90. The number of para-hydroxylation sites is 2. The number of amides is 2. The minimum Gasteiger partial charge on any atom is -0.495 e. The Labute approximate surface area is 159 Å². The Hall–Kier alpha value is -2.87. The number of aromatic nitrogens is 2. The van der Waals surface area contributed by atoms with E-state index in [4.69, 9.17) is 4.74 Å². The molecule has 2 heterocycles. The van der Waals surface area contributed by atoms with Gasteiger partial charge in [0.05, 0.1) is 12.8 Å². The van der Waals surface area contributed by atoms with Crippen LogP contribution in [0.1, 0.15) is 6.42 Å². The summed E-state index contributed by atoms with van der Waals surface area (Å²) in [4.78, 5) is 25.2. The number of nitrogens with zero attached hydrogens (tertiary/aromatic N) is 4. The van der Waals surface area contributed by atoms with Crippen molar-refractivity contribution in [2.75, 3.05) is 56.6 Å². The van der Waals surface area contributed by atoms with Gasteiger partial charge in [-0.3, -0.25) is 4.90 Å². The van der Waals surface area contributed by atoms with Crippen molar-refractivity contribution in [3.63, 3.8) is 0 Å². The van der Waals surface area contributed by atoms with Gasteiger partial charge in [0.15, 0.2) is 0 Å². The summed E-state index contributed by atoms with van der Waals surface area (Å²) >= 11 is 0. The highest BCUT2D eigenvalue weighted by Gasteiger charge is 2.18. The van der Waals surface area contributed by atoms with Gasteiger partial charge in [0.25, 0.3) is 0 Å². The second-order valence-electron chi connectivity index (χ2n) is 6.31. The van der Waals surface area contributed by atoms with Crippen LogP contribution in [0, 0.1) is 0 Å². The second kappa shape index (κ2) is 9.72. The fourth-order valence-corrected chi connectivity index (χ4v) is 3.04. The quantitative estimate of drug-likeness (QED) is 0.724. The molecule has 1 aromatic carbocycles. The molecular formula is C19H26N6O2. The van der Waals surface area contributed by atoms with Crippen LogP contribution in [0.3, 0.4) is 0 Å². The maximum absolute atomic E-state index is 12.0. The first-order valence-electron chi connectivity index (χ1n) is 9.18. The zero-order valence-corrected chi connectivity index (χ0v) is 15.6. The molecule has 0 radical (unpaired) electrons. The Kier molecular flexibility index (Phi) is 6.81. The van der Waals surface area contributed by atoms with Crippen molar-refractivity contribution in [2.24, 2.45) is 0 Å². The van der Waals surface area contributed by atoms with Crippen molar-refractivity contribution in [3.05, 3.63) is 42.7 Å². The molecule has 8 heteroatoms. The molecule has 8 nitrogen and oxygen atoms in total. The number of nitrogens with one attached hydrogen (secondary N) is 2. The number of urea groups is 1. The van der Waals surface area contributed by atoms with Crippen molar-refractivity contribution in [1.29, 1.82) is 0 Å². The number of hydrogen-bond acceptors (Lipinski definition) is 6. The van der Waals surface area contributed by atoms with E-state index in [1.54, 1.807) is 19.5 Å². The fraction of sp³-hybridized carbons (Fsp3) is 0.421. The Morgan fingerprint density at radius 1 is 1.11 bits per heavy atom. The number of benzene rings is 1. The zero-order chi connectivity index (χ0) is 18.9. The number of ether oxygens (including phenoxy) is 1. The molecule has 2 N–H and O–H groups in total. The molecule has 3 rings (SSSR count). The smallest absolute Gasteiger partial charge is 0.319 e. The molecule has 2 amide bonds. The summed E-state index contributed by atoms with van der Waals surface area (Å²) in [7, 11) is 1.59. The highest BCUT2D eigenvalue weighted by atomic mass is 16.5. The monoisotopic (exact) mass is 370 g/mol. The summed E-state index contributed by atoms with van der Waals surface area (Å²) in [5, 5.41) is 5.71. The van der Waals surface area contributed by atoms with Crippen LogP contribution in [0.15, 0.2) is 42.7 Å². The summed E-state index contributed by atoms with van der Waals surface area (Å²) in [5.74, 6) is 1.44. The third-order valence-corrected chi connectivity index (χ3v) is 4.50. The molecule has 0 aliphatic carbocycles. The normalized spacial score (nSPS) is 14.6. The number of anilines is 2. The molecule has 0 saturated carbocycles. The average molecular weight is 370 g/mol. The number of methoxy groups -OCH3 is 1. The predicted molar refractivity (Wildman–Crippen MR) is 105 cm³/mol. The lowest BCUT2D eigenvalue weighted by Crippen LogP contribution is -2.47. The maximum Gasteiger partial charge on any atom is 0.319 e. The number of rotatable bonds is 7. The van der Waals surface area contributed by atoms with Crippen LogP contribution in [0.2, 0.25) is 0 Å². The molecule has 0 atom stereocenters. The Balaban J connectivity index is 1.32. The van der Waals surface area contributed by atoms with Gasteiger partial charge < -0.3 is 20.3 Å². The summed E-state index contributed by atoms with van der Waals surface area (Å²) in [6, 6.07) is 8.97. The first-order valence-corrected chi connectivity index (χ1v) is 9.18. The molecular weight excluding hydrogens is 344 g/mol. The molecule has 1 fully saturated rings. The molecule has 144 valence electrons. The largest absolute Gasteiger partial charge is 0.495 e. The minimum atomic E-state index is -0.217. The predicted octanol–water partition coefficient (Wildman–Crippen LogP) is 1.82. The molecule has 0 bridgehead atoms. The molecule has 27 heavy (non-hydrogen) atoms. The number of hydrogen-bond donors (Lipinski definition) is 2. The summed E-state index contributed by atoms with van der Waals surface area (Å²) < 4.78 is 5.23. The highest BCUT2D eigenvalue weighted by Crippen LogP contribution is 2.22. The van der Waals surface area contributed by atoms with E-state index < -0.39 is 0 Å². The van der Waals surface area contributed by atoms with Gasteiger partial charge in [-0.05, 0) is 31.2 Å². The van der Waals surface area contributed by atoms with E-state index in [9.17, 15) is 4.79 Å². The minimum absolute atomic E-state index is 0.217. The number of carbonyl (C=O) groups is 1. The Bertz CT molecular complexity index is 719. The number of piperazine rings is 1. The van der Waals surface area contributed by atoms with Gasteiger partial charge >= 0.3 is 6.03 Å². The van der Waals surface area contributed by atoms with Crippen LogP contribution in [0.4, 0.5) is 16.4 Å². The van der Waals surface area contributed by atoms with Crippen molar-refractivity contribution in [1.82, 2.24) is 20.2 Å². The van der Waals surface area contributed by atoms with Crippen LogP contribution in [0.25, 0.3) is 0 Å². The van der Waals surface area contributed by atoms with E-state index in [1.165, 1.54) is 0 Å². The molecule has 2 aromatic rings. The molecule has 0 spiro atoms. The third-order valence-electron chi connectivity index (χ3n) is 4.50. The van der Waals surface area contributed by atoms with Crippen molar-refractivity contribution >= 4 is 17.7 Å². The van der Waals surface area contributed by atoms with E-state index in [-0.39, 0.29) is 6.03 Å². The van der Waals surface area contributed by atoms with Crippen molar-refractivity contribution in [2.45, 2.75) is 6.42 Å². The molecule has 1 aliphatic rings. The Morgan fingerprint density at radius 2 is 1.85 bits per heavy atom. The molecule has 1 saturated heterocycles. The summed E-state index contributed by atoms with van der Waals surface area (Å²) in [6.07, 6.45) is 4.45. The molecule has 0 unspecified atom stereocenters. The van der Waals surface area contributed by atoms with E-state index in [2.05, 4.69) is 30.4 Å². The summed E-state index contributed by atoms with van der Waals surface area (Å²) in [6.45, 7) is 5.39. The van der Waals surface area contributed by atoms with Crippen molar-refractivity contribution < 1.29 is 9.53 Å². The molecule has 1 aliphatic heterocycles. The maximum atomic E-state index is 12.0. The third kappa shape index (κ3) is 5.55. The zero-order valence-electron chi connectivity index (χ0n) is 15.6. The average Bonchev–Trinajstić information content (AvgIpc) is 2.73. The van der Waals surface area contributed by atoms with Gasteiger partial charge in [0.1, 0.15) is 5.75 Å². The van der Waals surface area contributed by atoms with E-state index >= 15 is 0 Å². The van der Waals surface area contributed by atoms with Gasteiger partial charge in [-0.15, -0.1) is 0 Å². The first-order chi connectivity index (χ1) is 13.3. The van der Waals surface area contributed by atoms with E-state index in [0.717, 1.165) is 45.1 Å². The molecule has 1 aromatic heterocycles. The lowest BCUT2D eigenvalue weighted by molar-refractivity contribution is 0.243. The Morgan fingerprint density at radius 3 is 2.59 bits per heavy atom. The van der Waals surface area contributed by atoms with E-state index in [0.29, 0.717) is 18.0 Å². The van der Waals surface area contributed by atoms with Gasteiger partial charge in [-0.25, -0.2) is 14.8 Å². The van der Waals surface area contributed by atoms with Gasteiger partial charge in [-0.2, -0.15) is 0 Å². The summed E-state index contributed by atoms with van der Waals surface area (Å²) in [5.41, 5.74) is 0.664. The van der Waals surface area contributed by atoms with Gasteiger partial charge in [0.2, 0.25) is 5.95 Å².